The first kappa shape index (κ1) is 18.4. The summed E-state index contributed by atoms with van der Waals surface area (Å²) in [5.41, 5.74) is -1.45. The number of carboxylic acids is 1. The van der Waals surface area contributed by atoms with Crippen LogP contribution in [0, 0.1) is 10.1 Å². The van der Waals surface area contributed by atoms with Gasteiger partial charge in [-0.3, -0.25) is 14.9 Å². The summed E-state index contributed by atoms with van der Waals surface area (Å²) in [6.45, 7) is -1.07. The van der Waals surface area contributed by atoms with E-state index in [0.29, 0.717) is 0 Å². The number of non-ortho nitro benzene ring substituents is 1. The fourth-order valence-electron chi connectivity index (χ4n) is 1.79. The number of hydrogen-bond acceptors (Lipinski definition) is 5. The predicted octanol–water partition coefficient (Wildman–Crippen LogP) is 1.65. The predicted molar refractivity (Wildman–Crippen MR) is 73.8 cm³/mol. The second-order valence-corrected chi connectivity index (χ2v) is 4.47. The van der Waals surface area contributed by atoms with Crippen molar-refractivity contribution >= 4 is 17.6 Å². The van der Waals surface area contributed by atoms with E-state index < -0.39 is 41.0 Å². The van der Waals surface area contributed by atoms with Crippen molar-refractivity contribution in [2.75, 3.05) is 26.8 Å². The van der Waals surface area contributed by atoms with E-state index in [2.05, 4.69) is 0 Å². The van der Waals surface area contributed by atoms with Gasteiger partial charge in [0.1, 0.15) is 0 Å². The molecule has 0 spiro atoms. The van der Waals surface area contributed by atoms with Crippen molar-refractivity contribution in [2.24, 2.45) is 0 Å². The van der Waals surface area contributed by atoms with Gasteiger partial charge in [0.05, 0.1) is 23.6 Å². The Morgan fingerprint density at radius 1 is 1.35 bits per heavy atom. The zero-order chi connectivity index (χ0) is 17.6. The van der Waals surface area contributed by atoms with Crippen molar-refractivity contribution in [2.45, 2.75) is 6.43 Å². The largest absolute Gasteiger partial charge is 0.478 e. The number of hydrogen-bond donors (Lipinski definition) is 1. The molecule has 1 aromatic rings. The van der Waals surface area contributed by atoms with Gasteiger partial charge in [-0.1, -0.05) is 0 Å². The molecular weight excluding hydrogens is 318 g/mol. The molecule has 0 heterocycles. The Bertz CT molecular complexity index is 576. The highest BCUT2D eigenvalue weighted by Crippen LogP contribution is 2.19. The Hall–Kier alpha value is -2.62. The van der Waals surface area contributed by atoms with Crippen molar-refractivity contribution in [1.29, 1.82) is 0 Å². The number of ether oxygens (including phenoxy) is 1. The van der Waals surface area contributed by atoms with Gasteiger partial charge in [0.25, 0.3) is 18.0 Å². The maximum atomic E-state index is 12.6. The van der Waals surface area contributed by atoms with Gasteiger partial charge in [0, 0.05) is 31.4 Å². The number of rotatable bonds is 8. The summed E-state index contributed by atoms with van der Waals surface area (Å²) in [5, 5.41) is 19.8. The summed E-state index contributed by atoms with van der Waals surface area (Å²) in [4.78, 5) is 33.9. The van der Waals surface area contributed by atoms with Gasteiger partial charge in [0.15, 0.2) is 0 Å². The third-order valence-electron chi connectivity index (χ3n) is 2.83. The Morgan fingerprint density at radius 3 is 2.43 bits per heavy atom. The molecule has 1 amide bonds. The molecule has 0 radical (unpaired) electrons. The average Bonchev–Trinajstić information content (AvgIpc) is 2.49. The lowest BCUT2D eigenvalue weighted by Gasteiger charge is -2.22. The number of carbonyl (C=O) groups is 2. The van der Waals surface area contributed by atoms with E-state index in [9.17, 15) is 28.5 Å². The monoisotopic (exact) mass is 332 g/mol. The Morgan fingerprint density at radius 2 is 1.96 bits per heavy atom. The average molecular weight is 332 g/mol. The molecule has 1 N–H and O–H groups in total. The maximum Gasteiger partial charge on any atom is 0.335 e. The first-order chi connectivity index (χ1) is 10.8. The second-order valence-electron chi connectivity index (χ2n) is 4.47. The number of halogens is 2. The van der Waals surface area contributed by atoms with E-state index in [0.717, 1.165) is 23.1 Å². The number of nitro groups is 1. The van der Waals surface area contributed by atoms with E-state index >= 15 is 0 Å². The fraction of sp³-hybridized carbons (Fsp3) is 0.385. The van der Waals surface area contributed by atoms with Crippen molar-refractivity contribution in [3.8, 4) is 0 Å². The van der Waals surface area contributed by atoms with Crippen LogP contribution in [0.15, 0.2) is 18.2 Å². The number of amides is 1. The van der Waals surface area contributed by atoms with Gasteiger partial charge in [-0.15, -0.1) is 0 Å². The molecule has 0 atom stereocenters. The van der Waals surface area contributed by atoms with Crippen LogP contribution in [0.3, 0.4) is 0 Å². The van der Waals surface area contributed by atoms with Crippen molar-refractivity contribution in [1.82, 2.24) is 4.90 Å². The second kappa shape index (κ2) is 8.13. The number of nitro benzene ring substituents is 1. The van der Waals surface area contributed by atoms with Gasteiger partial charge >= 0.3 is 5.97 Å². The van der Waals surface area contributed by atoms with Crippen LogP contribution in [0.1, 0.15) is 20.7 Å². The molecule has 0 saturated carbocycles. The molecule has 126 valence electrons. The molecule has 0 unspecified atom stereocenters. The molecule has 0 aliphatic heterocycles. The Labute approximate surface area is 129 Å². The minimum Gasteiger partial charge on any atom is -0.478 e. The molecule has 8 nitrogen and oxygen atoms in total. The standard InChI is InChI=1S/C13H14F2N2O6/c1-23-3-2-16(7-11(14)15)12(18)8-4-9(13(19)20)6-10(5-8)17(21)22/h4-6,11H,2-3,7H2,1H3,(H,19,20). The molecule has 0 bridgehead atoms. The van der Waals surface area contributed by atoms with E-state index in [1.807, 2.05) is 0 Å². The maximum absolute atomic E-state index is 12.6. The number of benzene rings is 1. The summed E-state index contributed by atoms with van der Waals surface area (Å²) < 4.78 is 29.9. The molecule has 0 saturated heterocycles. The van der Waals surface area contributed by atoms with Crippen LogP contribution >= 0.6 is 0 Å². The molecule has 23 heavy (non-hydrogen) atoms. The minimum atomic E-state index is -2.81. The van der Waals surface area contributed by atoms with Crippen molar-refractivity contribution < 1.29 is 33.1 Å². The van der Waals surface area contributed by atoms with Crippen LogP contribution in [-0.2, 0) is 4.74 Å². The molecular formula is C13H14F2N2O6. The van der Waals surface area contributed by atoms with Crippen LogP contribution in [-0.4, -0.2) is 60.0 Å². The highest BCUT2D eigenvalue weighted by molar-refractivity contribution is 5.98. The van der Waals surface area contributed by atoms with E-state index in [1.165, 1.54) is 7.11 Å². The molecule has 1 rings (SSSR count). The Kier molecular flexibility index (Phi) is 6.51. The number of carboxylic acid groups (broad SMARTS) is 1. The lowest BCUT2D eigenvalue weighted by Crippen LogP contribution is -2.37. The summed E-state index contributed by atoms with van der Waals surface area (Å²) in [5.74, 6) is -2.41. The number of aromatic carboxylic acids is 1. The smallest absolute Gasteiger partial charge is 0.335 e. The lowest BCUT2D eigenvalue weighted by molar-refractivity contribution is -0.384. The number of carbonyl (C=O) groups excluding carboxylic acids is 1. The Balaban J connectivity index is 3.21. The highest BCUT2D eigenvalue weighted by atomic mass is 19.3. The number of alkyl halides is 2. The van der Waals surface area contributed by atoms with Gasteiger partial charge in [-0.2, -0.15) is 0 Å². The molecule has 0 fully saturated rings. The quantitative estimate of drug-likeness (QED) is 0.572. The normalized spacial score (nSPS) is 10.6. The van der Waals surface area contributed by atoms with Gasteiger partial charge in [-0.05, 0) is 6.07 Å². The van der Waals surface area contributed by atoms with Crippen LogP contribution < -0.4 is 0 Å². The summed E-state index contributed by atoms with van der Waals surface area (Å²) in [7, 11) is 1.32. The zero-order valence-corrected chi connectivity index (χ0v) is 12.1. The van der Waals surface area contributed by atoms with Crippen LogP contribution in [0.5, 0.6) is 0 Å². The minimum absolute atomic E-state index is 0.0147. The van der Waals surface area contributed by atoms with E-state index in [-0.39, 0.29) is 18.7 Å². The zero-order valence-electron chi connectivity index (χ0n) is 12.1. The molecule has 0 aliphatic carbocycles. The number of nitrogens with zero attached hydrogens (tertiary/aromatic N) is 2. The third kappa shape index (κ3) is 5.25. The van der Waals surface area contributed by atoms with Crippen LogP contribution in [0.4, 0.5) is 14.5 Å². The fourth-order valence-corrected chi connectivity index (χ4v) is 1.79. The topological polar surface area (TPSA) is 110 Å². The van der Waals surface area contributed by atoms with E-state index in [4.69, 9.17) is 9.84 Å². The van der Waals surface area contributed by atoms with E-state index in [1.54, 1.807) is 0 Å². The lowest BCUT2D eigenvalue weighted by atomic mass is 10.1. The molecule has 0 aliphatic rings. The third-order valence-corrected chi connectivity index (χ3v) is 2.83. The van der Waals surface area contributed by atoms with Gasteiger partial charge in [-0.25, -0.2) is 13.6 Å². The highest BCUT2D eigenvalue weighted by Gasteiger charge is 2.23. The molecule has 1 aromatic carbocycles. The van der Waals surface area contributed by atoms with Crippen LogP contribution in [0.2, 0.25) is 0 Å². The molecule has 10 heteroatoms. The van der Waals surface area contributed by atoms with Crippen molar-refractivity contribution in [3.63, 3.8) is 0 Å². The van der Waals surface area contributed by atoms with Crippen LogP contribution in [0.25, 0.3) is 0 Å². The summed E-state index contributed by atoms with van der Waals surface area (Å²) in [6, 6.07) is 2.54. The number of methoxy groups -OCH3 is 1. The summed E-state index contributed by atoms with van der Waals surface area (Å²) >= 11 is 0. The van der Waals surface area contributed by atoms with Gasteiger partial charge < -0.3 is 14.7 Å². The van der Waals surface area contributed by atoms with Gasteiger partial charge in [0.2, 0.25) is 0 Å². The summed E-state index contributed by atoms with van der Waals surface area (Å²) in [6.07, 6.45) is -2.81. The van der Waals surface area contributed by atoms with Crippen molar-refractivity contribution in [3.05, 3.63) is 39.4 Å². The first-order valence-corrected chi connectivity index (χ1v) is 6.35. The molecule has 0 aromatic heterocycles. The first-order valence-electron chi connectivity index (χ1n) is 6.35. The SMILES string of the molecule is COCCN(CC(F)F)C(=O)c1cc(C(=O)O)cc([N+](=O)[O-])c1.